The van der Waals surface area contributed by atoms with Crippen LogP contribution < -0.4 is 5.32 Å². The van der Waals surface area contributed by atoms with Crippen molar-refractivity contribution in [3.63, 3.8) is 0 Å². The molecule has 0 radical (unpaired) electrons. The maximum absolute atomic E-state index is 13.0. The summed E-state index contributed by atoms with van der Waals surface area (Å²) in [5.74, 6) is 1.52. The molecule has 4 heteroatoms. The molecule has 0 saturated heterocycles. The SMILES string of the molecule is Cc1cccc(Cn2c(C(=O)N[C@@H]3C[C@H]4CC[C@@H]3C4)cc3ccoc32)c1. The standard InChI is InChI=1S/C22H24N2O2/c1-14-3-2-4-16(9-14)13-24-20(12-18-7-8-26-22(18)24)21(25)23-19-11-15-5-6-17(19)10-15/h2-4,7-9,12,15,17,19H,5-6,10-11,13H2,1H3,(H,23,25)/t15-,17+,19+/m0/s1. The van der Waals surface area contributed by atoms with E-state index in [1.165, 1.54) is 30.4 Å². The number of carbonyl (C=O) groups is 1. The van der Waals surface area contributed by atoms with Gasteiger partial charge in [0, 0.05) is 11.4 Å². The molecule has 4 nitrogen and oxygen atoms in total. The highest BCUT2D eigenvalue weighted by Gasteiger charge is 2.40. The van der Waals surface area contributed by atoms with Crippen molar-refractivity contribution in [3.05, 3.63) is 59.5 Å². The molecule has 2 aromatic heterocycles. The lowest BCUT2D eigenvalue weighted by molar-refractivity contribution is 0.0914. The predicted molar refractivity (Wildman–Crippen MR) is 101 cm³/mol. The molecule has 5 rings (SSSR count). The van der Waals surface area contributed by atoms with Crippen molar-refractivity contribution in [1.29, 1.82) is 0 Å². The van der Waals surface area contributed by atoms with Crippen molar-refractivity contribution in [2.45, 2.75) is 45.2 Å². The summed E-state index contributed by atoms with van der Waals surface area (Å²) in [6.07, 6.45) is 6.73. The predicted octanol–water partition coefficient (Wildman–Crippen LogP) is 4.51. The van der Waals surface area contributed by atoms with Crippen LogP contribution in [-0.2, 0) is 6.54 Å². The van der Waals surface area contributed by atoms with E-state index in [9.17, 15) is 4.79 Å². The Balaban J connectivity index is 1.45. The van der Waals surface area contributed by atoms with Gasteiger partial charge in [-0.25, -0.2) is 0 Å². The van der Waals surface area contributed by atoms with Crippen molar-refractivity contribution in [2.24, 2.45) is 11.8 Å². The van der Waals surface area contributed by atoms with Crippen molar-refractivity contribution in [1.82, 2.24) is 9.88 Å². The number of furan rings is 1. The molecule has 1 N–H and O–H groups in total. The summed E-state index contributed by atoms with van der Waals surface area (Å²) >= 11 is 0. The normalized spacial score (nSPS) is 24.4. The minimum Gasteiger partial charge on any atom is -0.448 e. The van der Waals surface area contributed by atoms with E-state index in [4.69, 9.17) is 4.42 Å². The number of hydrogen-bond donors (Lipinski definition) is 1. The molecular weight excluding hydrogens is 324 g/mol. The molecular formula is C22H24N2O2. The number of rotatable bonds is 4. The average molecular weight is 348 g/mol. The second-order valence-corrected chi connectivity index (χ2v) is 8.04. The quantitative estimate of drug-likeness (QED) is 0.754. The molecule has 2 aliphatic rings. The first-order valence-corrected chi connectivity index (χ1v) is 9.60. The zero-order valence-corrected chi connectivity index (χ0v) is 15.1. The van der Waals surface area contributed by atoms with Crippen molar-refractivity contribution < 1.29 is 9.21 Å². The molecule has 0 unspecified atom stereocenters. The Labute approximate surface area is 153 Å². The Hall–Kier alpha value is -2.49. The van der Waals surface area contributed by atoms with Crippen molar-refractivity contribution >= 4 is 17.0 Å². The highest BCUT2D eigenvalue weighted by Crippen LogP contribution is 2.44. The summed E-state index contributed by atoms with van der Waals surface area (Å²) in [7, 11) is 0. The summed E-state index contributed by atoms with van der Waals surface area (Å²) in [5.41, 5.74) is 3.86. The van der Waals surface area contributed by atoms with Crippen LogP contribution in [0.25, 0.3) is 11.1 Å². The van der Waals surface area contributed by atoms with E-state index >= 15 is 0 Å². The number of amides is 1. The number of carbonyl (C=O) groups excluding carboxylic acids is 1. The number of nitrogens with zero attached hydrogens (tertiary/aromatic N) is 1. The smallest absolute Gasteiger partial charge is 0.268 e. The number of fused-ring (bicyclic) bond motifs is 3. The largest absolute Gasteiger partial charge is 0.448 e. The lowest BCUT2D eigenvalue weighted by Gasteiger charge is -2.23. The Morgan fingerprint density at radius 2 is 2.15 bits per heavy atom. The van der Waals surface area contributed by atoms with Gasteiger partial charge in [0.1, 0.15) is 5.69 Å². The highest BCUT2D eigenvalue weighted by molar-refractivity contribution is 5.98. The summed E-state index contributed by atoms with van der Waals surface area (Å²) in [6, 6.07) is 12.6. The number of benzene rings is 1. The number of aryl methyl sites for hydroxylation is 1. The first kappa shape index (κ1) is 15.7. The molecule has 134 valence electrons. The summed E-state index contributed by atoms with van der Waals surface area (Å²) < 4.78 is 7.69. The van der Waals surface area contributed by atoms with Crippen LogP contribution in [0.4, 0.5) is 0 Å². The summed E-state index contributed by atoms with van der Waals surface area (Å²) in [5, 5.41) is 4.30. The molecule has 3 atom stereocenters. The molecule has 2 bridgehead atoms. The van der Waals surface area contributed by atoms with Gasteiger partial charge in [0.05, 0.1) is 12.8 Å². The Bertz CT molecular complexity index is 968. The van der Waals surface area contributed by atoms with Crippen LogP contribution in [0.3, 0.4) is 0 Å². The number of nitrogens with one attached hydrogen (secondary N) is 1. The second kappa shape index (κ2) is 6.04. The fraction of sp³-hybridized carbons (Fsp3) is 0.409. The Morgan fingerprint density at radius 1 is 1.23 bits per heavy atom. The molecule has 2 heterocycles. The van der Waals surface area contributed by atoms with Crippen LogP contribution in [0.5, 0.6) is 0 Å². The molecule has 1 amide bonds. The maximum atomic E-state index is 13.0. The van der Waals surface area contributed by atoms with Crippen LogP contribution in [0.15, 0.2) is 47.1 Å². The third kappa shape index (κ3) is 2.64. The van der Waals surface area contributed by atoms with Gasteiger partial charge in [0.15, 0.2) is 0 Å². The number of aromatic nitrogens is 1. The Kier molecular flexibility index (Phi) is 3.66. The molecule has 0 aliphatic heterocycles. The van der Waals surface area contributed by atoms with Gasteiger partial charge < -0.3 is 14.3 Å². The van der Waals surface area contributed by atoms with E-state index in [0.717, 1.165) is 23.4 Å². The number of hydrogen-bond acceptors (Lipinski definition) is 2. The van der Waals surface area contributed by atoms with Crippen LogP contribution in [0.2, 0.25) is 0 Å². The van der Waals surface area contributed by atoms with E-state index < -0.39 is 0 Å². The van der Waals surface area contributed by atoms with E-state index in [0.29, 0.717) is 24.2 Å². The van der Waals surface area contributed by atoms with E-state index in [1.54, 1.807) is 6.26 Å². The van der Waals surface area contributed by atoms with Gasteiger partial charge in [-0.3, -0.25) is 4.79 Å². The van der Waals surface area contributed by atoms with E-state index in [1.807, 2.05) is 16.7 Å². The van der Waals surface area contributed by atoms with Gasteiger partial charge >= 0.3 is 0 Å². The van der Waals surface area contributed by atoms with Gasteiger partial charge in [-0.15, -0.1) is 0 Å². The lowest BCUT2D eigenvalue weighted by Crippen LogP contribution is -2.39. The van der Waals surface area contributed by atoms with Crippen LogP contribution in [0, 0.1) is 18.8 Å². The molecule has 0 spiro atoms. The van der Waals surface area contributed by atoms with Gasteiger partial charge in [-0.05, 0) is 55.7 Å². The first-order valence-electron chi connectivity index (χ1n) is 9.60. The van der Waals surface area contributed by atoms with Crippen LogP contribution in [-0.4, -0.2) is 16.5 Å². The minimum absolute atomic E-state index is 0.0293. The summed E-state index contributed by atoms with van der Waals surface area (Å²) in [4.78, 5) is 13.0. The van der Waals surface area contributed by atoms with E-state index in [-0.39, 0.29) is 5.91 Å². The third-order valence-corrected chi connectivity index (χ3v) is 6.21. The molecule has 2 fully saturated rings. The molecule has 1 aromatic carbocycles. The van der Waals surface area contributed by atoms with Crippen LogP contribution >= 0.6 is 0 Å². The fourth-order valence-corrected chi connectivity index (χ4v) is 4.98. The van der Waals surface area contributed by atoms with E-state index in [2.05, 4.69) is 36.5 Å². The molecule has 3 aromatic rings. The zero-order valence-electron chi connectivity index (χ0n) is 15.1. The van der Waals surface area contributed by atoms with Gasteiger partial charge in [0.2, 0.25) is 5.71 Å². The van der Waals surface area contributed by atoms with Crippen LogP contribution in [0.1, 0.15) is 47.3 Å². The monoisotopic (exact) mass is 348 g/mol. The molecule has 26 heavy (non-hydrogen) atoms. The minimum atomic E-state index is 0.0293. The first-order chi connectivity index (χ1) is 12.7. The lowest BCUT2D eigenvalue weighted by atomic mass is 9.95. The highest BCUT2D eigenvalue weighted by atomic mass is 16.3. The molecule has 2 saturated carbocycles. The van der Waals surface area contributed by atoms with Crippen molar-refractivity contribution in [2.75, 3.05) is 0 Å². The fourth-order valence-electron chi connectivity index (χ4n) is 4.98. The topological polar surface area (TPSA) is 47.2 Å². The third-order valence-electron chi connectivity index (χ3n) is 6.21. The second-order valence-electron chi connectivity index (χ2n) is 8.04. The summed E-state index contributed by atoms with van der Waals surface area (Å²) in [6.45, 7) is 2.72. The van der Waals surface area contributed by atoms with Gasteiger partial charge in [0.25, 0.3) is 5.91 Å². The maximum Gasteiger partial charge on any atom is 0.268 e. The van der Waals surface area contributed by atoms with Crippen molar-refractivity contribution in [3.8, 4) is 0 Å². The zero-order chi connectivity index (χ0) is 17.7. The Morgan fingerprint density at radius 3 is 2.92 bits per heavy atom. The van der Waals surface area contributed by atoms with Gasteiger partial charge in [-0.2, -0.15) is 0 Å². The molecule has 2 aliphatic carbocycles. The van der Waals surface area contributed by atoms with Gasteiger partial charge in [-0.1, -0.05) is 36.2 Å². The average Bonchev–Trinajstić information content (AvgIpc) is 3.37.